The fourth-order valence-corrected chi connectivity index (χ4v) is 2.83. The zero-order valence-corrected chi connectivity index (χ0v) is 11.0. The van der Waals surface area contributed by atoms with Crippen molar-refractivity contribution in [2.75, 3.05) is 6.26 Å². The van der Waals surface area contributed by atoms with E-state index in [0.29, 0.717) is 6.54 Å². The van der Waals surface area contributed by atoms with Crippen LogP contribution in [0.15, 0.2) is 29.2 Å². The summed E-state index contributed by atoms with van der Waals surface area (Å²) < 4.78 is 0. The molecule has 0 saturated heterocycles. The standard InChI is InChI=1S/C12H14N2S2/c1-8-11(7-13)16-12(14-8)9-3-5-10(15-2)6-4-9/h3-6H,7,13H2,1-2H3. The van der Waals surface area contributed by atoms with Crippen LogP contribution < -0.4 is 5.73 Å². The molecule has 0 bridgehead atoms. The van der Waals surface area contributed by atoms with Crippen LogP contribution >= 0.6 is 23.1 Å². The molecule has 2 nitrogen and oxygen atoms in total. The van der Waals surface area contributed by atoms with Crippen LogP contribution in [0.4, 0.5) is 0 Å². The van der Waals surface area contributed by atoms with Gasteiger partial charge in [0.15, 0.2) is 0 Å². The molecule has 0 amide bonds. The first kappa shape index (κ1) is 11.6. The number of hydrogen-bond donors (Lipinski definition) is 1. The Hall–Kier alpha value is -0.840. The summed E-state index contributed by atoms with van der Waals surface area (Å²) in [5.41, 5.74) is 7.88. The smallest absolute Gasteiger partial charge is 0.123 e. The third-order valence-electron chi connectivity index (χ3n) is 2.42. The molecule has 0 aliphatic heterocycles. The van der Waals surface area contributed by atoms with Gasteiger partial charge in [-0.1, -0.05) is 12.1 Å². The van der Waals surface area contributed by atoms with Crippen molar-refractivity contribution < 1.29 is 0 Å². The topological polar surface area (TPSA) is 38.9 Å². The number of aryl methyl sites for hydroxylation is 1. The first-order valence-corrected chi connectivity index (χ1v) is 7.09. The third-order valence-corrected chi connectivity index (χ3v) is 4.39. The maximum absolute atomic E-state index is 5.65. The van der Waals surface area contributed by atoms with Crippen molar-refractivity contribution in [2.24, 2.45) is 5.73 Å². The molecule has 0 unspecified atom stereocenters. The molecule has 0 aliphatic rings. The van der Waals surface area contributed by atoms with E-state index in [9.17, 15) is 0 Å². The SMILES string of the molecule is CSc1ccc(-c2nc(C)c(CN)s2)cc1. The van der Waals surface area contributed by atoms with Gasteiger partial charge in [0, 0.05) is 21.9 Å². The molecule has 1 aromatic heterocycles. The summed E-state index contributed by atoms with van der Waals surface area (Å²) in [5.74, 6) is 0. The highest BCUT2D eigenvalue weighted by atomic mass is 32.2. The van der Waals surface area contributed by atoms with Gasteiger partial charge in [0.05, 0.1) is 5.69 Å². The second-order valence-corrected chi connectivity index (χ2v) is 5.42. The molecular weight excluding hydrogens is 236 g/mol. The van der Waals surface area contributed by atoms with E-state index in [-0.39, 0.29) is 0 Å². The minimum atomic E-state index is 0.576. The second-order valence-electron chi connectivity index (χ2n) is 3.46. The van der Waals surface area contributed by atoms with Gasteiger partial charge < -0.3 is 5.73 Å². The molecule has 2 rings (SSSR count). The van der Waals surface area contributed by atoms with Gasteiger partial charge in [-0.3, -0.25) is 0 Å². The predicted molar refractivity (Wildman–Crippen MR) is 72.0 cm³/mol. The van der Waals surface area contributed by atoms with Gasteiger partial charge in [-0.2, -0.15) is 0 Å². The summed E-state index contributed by atoms with van der Waals surface area (Å²) in [6.45, 7) is 2.59. The molecule has 0 saturated carbocycles. The van der Waals surface area contributed by atoms with Crippen molar-refractivity contribution in [3.05, 3.63) is 34.8 Å². The maximum Gasteiger partial charge on any atom is 0.123 e. The van der Waals surface area contributed by atoms with Crippen molar-refractivity contribution in [2.45, 2.75) is 18.4 Å². The summed E-state index contributed by atoms with van der Waals surface area (Å²) in [6, 6.07) is 8.48. The summed E-state index contributed by atoms with van der Waals surface area (Å²) in [6.07, 6.45) is 2.08. The van der Waals surface area contributed by atoms with Gasteiger partial charge >= 0.3 is 0 Å². The highest BCUT2D eigenvalue weighted by Crippen LogP contribution is 2.28. The maximum atomic E-state index is 5.65. The van der Waals surface area contributed by atoms with E-state index >= 15 is 0 Å². The number of benzene rings is 1. The predicted octanol–water partition coefficient (Wildman–Crippen LogP) is 3.30. The molecule has 2 aromatic rings. The quantitative estimate of drug-likeness (QED) is 0.850. The minimum absolute atomic E-state index is 0.576. The average Bonchev–Trinajstić information content (AvgIpc) is 2.71. The zero-order chi connectivity index (χ0) is 11.5. The van der Waals surface area contributed by atoms with Crippen molar-refractivity contribution >= 4 is 23.1 Å². The van der Waals surface area contributed by atoms with Gasteiger partial charge in [-0.25, -0.2) is 4.98 Å². The normalized spacial score (nSPS) is 10.7. The lowest BCUT2D eigenvalue weighted by molar-refractivity contribution is 1.06. The number of nitrogens with two attached hydrogens (primary N) is 1. The molecule has 0 fully saturated rings. The van der Waals surface area contributed by atoms with E-state index in [0.717, 1.165) is 10.7 Å². The Morgan fingerprint density at radius 1 is 1.31 bits per heavy atom. The Bertz CT molecular complexity index is 474. The highest BCUT2D eigenvalue weighted by Gasteiger charge is 2.07. The van der Waals surface area contributed by atoms with Crippen LogP contribution in [0.3, 0.4) is 0 Å². The Balaban J connectivity index is 2.34. The van der Waals surface area contributed by atoms with Crippen LogP contribution in [0.1, 0.15) is 10.6 Å². The molecule has 1 aromatic carbocycles. The lowest BCUT2D eigenvalue weighted by atomic mass is 10.2. The molecule has 0 radical (unpaired) electrons. The Kier molecular flexibility index (Phi) is 3.63. The monoisotopic (exact) mass is 250 g/mol. The highest BCUT2D eigenvalue weighted by molar-refractivity contribution is 7.98. The van der Waals surface area contributed by atoms with Crippen LogP contribution in [-0.4, -0.2) is 11.2 Å². The van der Waals surface area contributed by atoms with Gasteiger partial charge in [-0.15, -0.1) is 23.1 Å². The van der Waals surface area contributed by atoms with E-state index in [4.69, 9.17) is 5.73 Å². The van der Waals surface area contributed by atoms with E-state index in [2.05, 4.69) is 35.5 Å². The lowest BCUT2D eigenvalue weighted by Crippen LogP contribution is -1.94. The van der Waals surface area contributed by atoms with Crippen molar-refractivity contribution in [1.82, 2.24) is 4.98 Å². The number of thiazole rings is 1. The van der Waals surface area contributed by atoms with Crippen LogP contribution in [-0.2, 0) is 6.54 Å². The zero-order valence-electron chi connectivity index (χ0n) is 9.36. The number of nitrogens with zero attached hydrogens (tertiary/aromatic N) is 1. The first-order valence-electron chi connectivity index (χ1n) is 5.05. The van der Waals surface area contributed by atoms with Gasteiger partial charge in [-0.05, 0) is 25.3 Å². The van der Waals surface area contributed by atoms with E-state index in [1.165, 1.54) is 15.3 Å². The molecule has 0 aliphatic carbocycles. The van der Waals surface area contributed by atoms with Gasteiger partial charge in [0.25, 0.3) is 0 Å². The fourth-order valence-electron chi connectivity index (χ4n) is 1.47. The summed E-state index contributed by atoms with van der Waals surface area (Å²) in [5, 5.41) is 1.06. The van der Waals surface area contributed by atoms with Crippen LogP contribution in [0.5, 0.6) is 0 Å². The Morgan fingerprint density at radius 3 is 2.50 bits per heavy atom. The first-order chi connectivity index (χ1) is 7.74. The molecule has 16 heavy (non-hydrogen) atoms. The minimum Gasteiger partial charge on any atom is -0.326 e. The Morgan fingerprint density at radius 2 is 2.00 bits per heavy atom. The summed E-state index contributed by atoms with van der Waals surface area (Å²) >= 11 is 3.43. The van der Waals surface area contributed by atoms with Gasteiger partial charge in [0.2, 0.25) is 0 Å². The van der Waals surface area contributed by atoms with Crippen LogP contribution in [0, 0.1) is 6.92 Å². The van der Waals surface area contributed by atoms with Crippen LogP contribution in [0.2, 0.25) is 0 Å². The van der Waals surface area contributed by atoms with Crippen LogP contribution in [0.25, 0.3) is 10.6 Å². The molecule has 4 heteroatoms. The van der Waals surface area contributed by atoms with E-state index < -0.39 is 0 Å². The summed E-state index contributed by atoms with van der Waals surface area (Å²) in [7, 11) is 0. The Labute approximate surface area is 104 Å². The second kappa shape index (κ2) is 4.99. The van der Waals surface area contributed by atoms with Crippen molar-refractivity contribution in [1.29, 1.82) is 0 Å². The van der Waals surface area contributed by atoms with Crippen molar-refractivity contribution in [3.8, 4) is 10.6 Å². The molecule has 0 atom stereocenters. The summed E-state index contributed by atoms with van der Waals surface area (Å²) in [4.78, 5) is 6.98. The molecule has 0 spiro atoms. The third kappa shape index (κ3) is 2.29. The van der Waals surface area contributed by atoms with E-state index in [1.54, 1.807) is 23.1 Å². The van der Waals surface area contributed by atoms with Gasteiger partial charge in [0.1, 0.15) is 5.01 Å². The largest absolute Gasteiger partial charge is 0.326 e. The molecule has 1 heterocycles. The lowest BCUT2D eigenvalue weighted by Gasteiger charge is -1.98. The fraction of sp³-hybridized carbons (Fsp3) is 0.250. The molecular formula is C12H14N2S2. The average molecular weight is 250 g/mol. The number of thioether (sulfide) groups is 1. The molecule has 2 N–H and O–H groups in total. The molecule has 84 valence electrons. The number of hydrogen-bond acceptors (Lipinski definition) is 4. The van der Waals surface area contributed by atoms with E-state index in [1.807, 2.05) is 6.92 Å². The van der Waals surface area contributed by atoms with Crippen molar-refractivity contribution in [3.63, 3.8) is 0 Å². The number of rotatable bonds is 3. The number of aromatic nitrogens is 1.